The Kier molecular flexibility index (Phi) is 5.67. The lowest BCUT2D eigenvalue weighted by Crippen LogP contribution is -2.39. The molecule has 0 aromatic heterocycles. The summed E-state index contributed by atoms with van der Waals surface area (Å²) in [4.78, 5) is 37.6. The second-order valence-corrected chi connectivity index (χ2v) is 6.40. The topological polar surface area (TPSA) is 108 Å². The molecule has 1 amide bonds. The van der Waals surface area contributed by atoms with Crippen molar-refractivity contribution in [1.29, 1.82) is 0 Å². The Labute approximate surface area is 166 Å². The van der Waals surface area contributed by atoms with Gasteiger partial charge in [-0.15, -0.1) is 0 Å². The van der Waals surface area contributed by atoms with E-state index in [9.17, 15) is 19.7 Å². The van der Waals surface area contributed by atoms with Gasteiger partial charge in [-0.3, -0.25) is 14.9 Å². The highest BCUT2D eigenvalue weighted by Crippen LogP contribution is 2.35. The van der Waals surface area contributed by atoms with E-state index in [0.717, 1.165) is 17.3 Å². The van der Waals surface area contributed by atoms with Crippen LogP contribution in [0, 0.1) is 10.1 Å². The van der Waals surface area contributed by atoms with Crippen molar-refractivity contribution in [2.24, 2.45) is 0 Å². The maximum atomic E-state index is 12.8. The van der Waals surface area contributed by atoms with Gasteiger partial charge in [0.15, 0.2) is 17.6 Å². The molecule has 9 nitrogen and oxygen atoms in total. The van der Waals surface area contributed by atoms with Crippen molar-refractivity contribution in [2.45, 2.75) is 19.4 Å². The van der Waals surface area contributed by atoms with Crippen LogP contribution in [0.15, 0.2) is 36.4 Å². The van der Waals surface area contributed by atoms with E-state index in [1.54, 1.807) is 4.90 Å². The van der Waals surface area contributed by atoms with Gasteiger partial charge in [-0.2, -0.15) is 0 Å². The van der Waals surface area contributed by atoms with Crippen LogP contribution in [0.2, 0.25) is 0 Å². The maximum absolute atomic E-state index is 12.8. The van der Waals surface area contributed by atoms with E-state index >= 15 is 0 Å². The van der Waals surface area contributed by atoms with Gasteiger partial charge < -0.3 is 19.1 Å². The smallest absolute Gasteiger partial charge is 0.346 e. The number of carbonyl (C=O) groups is 2. The van der Waals surface area contributed by atoms with Crippen molar-refractivity contribution in [3.63, 3.8) is 0 Å². The SMILES string of the molecule is COc1cc(C(=O)OC(C)C(=O)N2CCc3ccccc32)c([N+](=O)[O-])cc1OC. The zero-order chi connectivity index (χ0) is 21.1. The molecule has 1 atom stereocenters. The van der Waals surface area contributed by atoms with Crippen LogP contribution in [-0.2, 0) is 16.0 Å². The van der Waals surface area contributed by atoms with Gasteiger partial charge in [0.05, 0.1) is 25.2 Å². The van der Waals surface area contributed by atoms with Crippen molar-refractivity contribution in [3.8, 4) is 11.5 Å². The number of hydrogen-bond acceptors (Lipinski definition) is 7. The molecule has 0 saturated carbocycles. The van der Waals surface area contributed by atoms with Crippen molar-refractivity contribution < 1.29 is 28.7 Å². The molecular weight excluding hydrogens is 380 g/mol. The number of ether oxygens (including phenoxy) is 3. The van der Waals surface area contributed by atoms with E-state index in [1.165, 1.54) is 27.2 Å². The van der Waals surface area contributed by atoms with E-state index in [2.05, 4.69) is 0 Å². The third-order valence-corrected chi connectivity index (χ3v) is 4.70. The molecule has 1 aliphatic heterocycles. The summed E-state index contributed by atoms with van der Waals surface area (Å²) in [6, 6.07) is 9.74. The first kappa shape index (κ1) is 20.1. The molecule has 0 spiro atoms. The summed E-state index contributed by atoms with van der Waals surface area (Å²) in [6.45, 7) is 1.92. The van der Waals surface area contributed by atoms with Gasteiger partial charge in [0.1, 0.15) is 5.56 Å². The number of hydrogen-bond donors (Lipinski definition) is 0. The summed E-state index contributed by atoms with van der Waals surface area (Å²) in [5.74, 6) is -1.15. The summed E-state index contributed by atoms with van der Waals surface area (Å²) < 4.78 is 15.4. The fraction of sp³-hybridized carbons (Fsp3) is 0.300. The molecule has 1 heterocycles. The van der Waals surface area contributed by atoms with E-state index in [0.29, 0.717) is 13.0 Å². The lowest BCUT2D eigenvalue weighted by atomic mass is 10.1. The van der Waals surface area contributed by atoms with E-state index in [1.807, 2.05) is 24.3 Å². The van der Waals surface area contributed by atoms with Crippen LogP contribution in [0.25, 0.3) is 0 Å². The van der Waals surface area contributed by atoms with Gasteiger partial charge in [0.2, 0.25) is 0 Å². The molecule has 0 aliphatic carbocycles. The maximum Gasteiger partial charge on any atom is 0.346 e. The zero-order valence-corrected chi connectivity index (χ0v) is 16.2. The summed E-state index contributed by atoms with van der Waals surface area (Å²) in [5, 5.41) is 11.4. The lowest BCUT2D eigenvalue weighted by Gasteiger charge is -2.21. The van der Waals surface area contributed by atoms with Gasteiger partial charge in [-0.1, -0.05) is 18.2 Å². The third kappa shape index (κ3) is 3.84. The number of nitro groups is 1. The first-order valence-corrected chi connectivity index (χ1v) is 8.88. The number of rotatable bonds is 6. The number of benzene rings is 2. The van der Waals surface area contributed by atoms with Crippen LogP contribution in [0.4, 0.5) is 11.4 Å². The molecule has 0 N–H and O–H groups in total. The predicted octanol–water partition coefficient (Wildman–Crippen LogP) is 2.75. The molecular formula is C20H20N2O7. The number of carbonyl (C=O) groups excluding carboxylic acids is 2. The molecule has 2 aromatic rings. The van der Waals surface area contributed by atoms with Crippen molar-refractivity contribution in [1.82, 2.24) is 0 Å². The summed E-state index contributed by atoms with van der Waals surface area (Å²) in [6.07, 6.45) is -0.412. The molecule has 0 saturated heterocycles. The molecule has 152 valence electrons. The molecule has 0 radical (unpaired) electrons. The summed E-state index contributed by atoms with van der Waals surface area (Å²) >= 11 is 0. The number of nitrogens with zero attached hydrogens (tertiary/aromatic N) is 2. The van der Waals surface area contributed by atoms with Crippen LogP contribution in [-0.4, -0.2) is 43.7 Å². The summed E-state index contributed by atoms with van der Waals surface area (Å²) in [5.41, 5.74) is 0.986. The van der Waals surface area contributed by atoms with Crippen LogP contribution in [0.1, 0.15) is 22.8 Å². The minimum absolute atomic E-state index is 0.105. The van der Waals surface area contributed by atoms with Crippen LogP contribution in [0.3, 0.4) is 0 Å². The van der Waals surface area contributed by atoms with Crippen LogP contribution in [0.5, 0.6) is 11.5 Å². The number of methoxy groups -OCH3 is 2. The van der Waals surface area contributed by atoms with Crippen molar-refractivity contribution in [2.75, 3.05) is 25.7 Å². The minimum Gasteiger partial charge on any atom is -0.493 e. The average Bonchev–Trinajstić information content (AvgIpc) is 3.15. The van der Waals surface area contributed by atoms with Gasteiger partial charge in [0.25, 0.3) is 11.6 Å². The average molecular weight is 400 g/mol. The molecule has 1 unspecified atom stereocenters. The van der Waals surface area contributed by atoms with Crippen molar-refractivity contribution in [3.05, 3.63) is 57.6 Å². The highest BCUT2D eigenvalue weighted by atomic mass is 16.6. The van der Waals surface area contributed by atoms with Crippen LogP contribution >= 0.6 is 0 Å². The molecule has 0 bridgehead atoms. The first-order chi connectivity index (χ1) is 13.9. The van der Waals surface area contributed by atoms with Gasteiger partial charge in [-0.25, -0.2) is 4.79 Å². The largest absolute Gasteiger partial charge is 0.493 e. The molecule has 9 heteroatoms. The fourth-order valence-corrected chi connectivity index (χ4v) is 3.24. The van der Waals surface area contributed by atoms with Gasteiger partial charge in [0, 0.05) is 18.3 Å². The fourth-order valence-electron chi connectivity index (χ4n) is 3.24. The number of esters is 1. The Morgan fingerprint density at radius 3 is 2.45 bits per heavy atom. The molecule has 1 aliphatic rings. The molecule has 3 rings (SSSR count). The number of anilines is 1. The Bertz CT molecular complexity index is 973. The standard InChI is InChI=1S/C20H20N2O7/c1-12(19(23)21-9-8-13-6-4-5-7-15(13)21)29-20(24)14-10-17(27-2)18(28-3)11-16(14)22(25)26/h4-7,10-12H,8-9H2,1-3H3. The number of fused-ring (bicyclic) bond motifs is 1. The number of para-hydroxylation sites is 1. The Balaban J connectivity index is 1.83. The lowest BCUT2D eigenvalue weighted by molar-refractivity contribution is -0.385. The van der Waals surface area contributed by atoms with E-state index in [-0.39, 0.29) is 17.1 Å². The van der Waals surface area contributed by atoms with E-state index < -0.39 is 28.6 Å². The Hall–Kier alpha value is -3.62. The predicted molar refractivity (Wildman–Crippen MR) is 104 cm³/mol. The third-order valence-electron chi connectivity index (χ3n) is 4.70. The Morgan fingerprint density at radius 1 is 1.14 bits per heavy atom. The molecule has 0 fully saturated rings. The second-order valence-electron chi connectivity index (χ2n) is 6.40. The monoisotopic (exact) mass is 400 g/mol. The van der Waals surface area contributed by atoms with E-state index in [4.69, 9.17) is 14.2 Å². The molecule has 2 aromatic carbocycles. The second kappa shape index (κ2) is 8.17. The van der Waals surface area contributed by atoms with Crippen molar-refractivity contribution >= 4 is 23.3 Å². The Morgan fingerprint density at radius 2 is 1.79 bits per heavy atom. The number of nitro benzene ring substituents is 1. The normalized spacial score (nSPS) is 13.4. The highest BCUT2D eigenvalue weighted by Gasteiger charge is 2.32. The summed E-state index contributed by atoms with van der Waals surface area (Å²) in [7, 11) is 2.67. The van der Waals surface area contributed by atoms with Gasteiger partial charge in [-0.05, 0) is 25.0 Å². The molecule has 29 heavy (non-hydrogen) atoms. The minimum atomic E-state index is -1.12. The first-order valence-electron chi connectivity index (χ1n) is 8.88. The van der Waals surface area contributed by atoms with Crippen LogP contribution < -0.4 is 14.4 Å². The quantitative estimate of drug-likeness (QED) is 0.417. The van der Waals surface area contributed by atoms with Gasteiger partial charge >= 0.3 is 5.97 Å². The highest BCUT2D eigenvalue weighted by molar-refractivity contribution is 6.01. The number of amides is 1. The zero-order valence-electron chi connectivity index (χ0n) is 16.2.